The highest BCUT2D eigenvalue weighted by Gasteiger charge is 2.16. The molecule has 1 N–H and O–H groups in total. The number of likely N-dealkylation sites (N-methyl/N-ethyl adjacent to an activating group) is 1. The Morgan fingerprint density at radius 1 is 1.33 bits per heavy atom. The summed E-state index contributed by atoms with van der Waals surface area (Å²) in [5.41, 5.74) is 1.35. The largest absolute Gasteiger partial charge is 0.496 e. The van der Waals surface area contributed by atoms with E-state index in [0.29, 0.717) is 6.04 Å². The number of rotatable bonds is 7. The van der Waals surface area contributed by atoms with E-state index in [1.165, 1.54) is 43.4 Å². The van der Waals surface area contributed by atoms with Crippen LogP contribution in [0.15, 0.2) is 22.7 Å². The monoisotopic (exact) mass is 371 g/mol. The summed E-state index contributed by atoms with van der Waals surface area (Å²) in [5, 5.41) is 4.36. The predicted molar refractivity (Wildman–Crippen MR) is 96.6 cm³/mol. The van der Waals surface area contributed by atoms with Gasteiger partial charge >= 0.3 is 0 Å². The molecule has 0 aromatic heterocycles. The molecule has 0 bridgehead atoms. The van der Waals surface area contributed by atoms with Crippen molar-refractivity contribution < 1.29 is 4.74 Å². The van der Waals surface area contributed by atoms with Crippen molar-refractivity contribution in [3.05, 3.63) is 28.2 Å². The van der Waals surface area contributed by atoms with Crippen molar-refractivity contribution in [1.82, 2.24) is 5.32 Å². The van der Waals surface area contributed by atoms with Crippen LogP contribution in [-0.4, -0.2) is 31.2 Å². The third-order valence-electron chi connectivity index (χ3n) is 4.19. The van der Waals surface area contributed by atoms with Gasteiger partial charge in [0.15, 0.2) is 0 Å². The Morgan fingerprint density at radius 2 is 2.10 bits per heavy atom. The van der Waals surface area contributed by atoms with Gasteiger partial charge < -0.3 is 10.1 Å². The zero-order valence-corrected chi connectivity index (χ0v) is 15.4. The number of hydrogen-bond donors (Lipinski definition) is 1. The van der Waals surface area contributed by atoms with Crippen LogP contribution >= 0.6 is 27.7 Å². The highest BCUT2D eigenvalue weighted by atomic mass is 79.9. The first kappa shape index (κ1) is 17.2. The number of nitrogens with one attached hydrogen (secondary N) is 1. The van der Waals surface area contributed by atoms with Crippen LogP contribution in [0.2, 0.25) is 0 Å². The van der Waals surface area contributed by atoms with Gasteiger partial charge in [-0.1, -0.05) is 25.3 Å². The maximum atomic E-state index is 5.29. The molecular weight excluding hydrogens is 346 g/mol. The average Bonchev–Trinajstić information content (AvgIpc) is 2.52. The SMILES string of the molecule is CNC(CSC1CCCCC1)Cc1ccc(OC)c(Br)c1. The van der Waals surface area contributed by atoms with Crippen molar-refractivity contribution in [2.45, 2.75) is 49.8 Å². The van der Waals surface area contributed by atoms with Crippen LogP contribution in [0.3, 0.4) is 0 Å². The van der Waals surface area contributed by atoms with Crippen molar-refractivity contribution in [1.29, 1.82) is 0 Å². The van der Waals surface area contributed by atoms with Crippen LogP contribution < -0.4 is 10.1 Å². The quantitative estimate of drug-likeness (QED) is 0.753. The van der Waals surface area contributed by atoms with E-state index >= 15 is 0 Å². The number of hydrogen-bond acceptors (Lipinski definition) is 3. The zero-order chi connectivity index (χ0) is 15.1. The molecule has 1 atom stereocenters. The van der Waals surface area contributed by atoms with E-state index in [-0.39, 0.29) is 0 Å². The van der Waals surface area contributed by atoms with E-state index in [0.717, 1.165) is 21.9 Å². The van der Waals surface area contributed by atoms with E-state index in [4.69, 9.17) is 4.74 Å². The molecule has 0 aliphatic heterocycles. The number of methoxy groups -OCH3 is 1. The van der Waals surface area contributed by atoms with Gasteiger partial charge in [0, 0.05) is 17.0 Å². The Hall–Kier alpha value is -0.190. The van der Waals surface area contributed by atoms with Crippen molar-refractivity contribution >= 4 is 27.7 Å². The van der Waals surface area contributed by atoms with E-state index in [2.05, 4.69) is 52.2 Å². The van der Waals surface area contributed by atoms with Crippen molar-refractivity contribution in [3.8, 4) is 5.75 Å². The lowest BCUT2D eigenvalue weighted by molar-refractivity contribution is 0.412. The lowest BCUT2D eigenvalue weighted by Crippen LogP contribution is -2.31. The maximum absolute atomic E-state index is 5.29. The van der Waals surface area contributed by atoms with Crippen LogP contribution in [0, 0.1) is 0 Å². The first-order chi connectivity index (χ1) is 10.2. The Bertz CT molecular complexity index is 435. The van der Waals surface area contributed by atoms with Crippen LogP contribution in [-0.2, 0) is 6.42 Å². The zero-order valence-electron chi connectivity index (χ0n) is 13.0. The van der Waals surface area contributed by atoms with Gasteiger partial charge in [0.1, 0.15) is 5.75 Å². The molecule has 1 aromatic carbocycles. The molecule has 1 unspecified atom stereocenters. The maximum Gasteiger partial charge on any atom is 0.133 e. The standard InChI is InChI=1S/C17H26BrNOS/c1-19-14(12-21-15-6-4-3-5-7-15)10-13-8-9-17(20-2)16(18)11-13/h8-9,11,14-15,19H,3-7,10,12H2,1-2H3. The molecule has 21 heavy (non-hydrogen) atoms. The topological polar surface area (TPSA) is 21.3 Å². The minimum absolute atomic E-state index is 0.539. The Balaban J connectivity index is 1.84. The van der Waals surface area contributed by atoms with Crippen LogP contribution in [0.25, 0.3) is 0 Å². The summed E-state index contributed by atoms with van der Waals surface area (Å²) in [5.74, 6) is 2.10. The van der Waals surface area contributed by atoms with Gasteiger partial charge in [0.05, 0.1) is 11.6 Å². The Kier molecular flexibility index (Phi) is 7.41. The van der Waals surface area contributed by atoms with Gasteiger partial charge in [-0.2, -0.15) is 11.8 Å². The van der Waals surface area contributed by atoms with Gasteiger partial charge in [0.2, 0.25) is 0 Å². The highest BCUT2D eigenvalue weighted by Crippen LogP contribution is 2.29. The van der Waals surface area contributed by atoms with Gasteiger partial charge in [-0.3, -0.25) is 0 Å². The fraction of sp³-hybridized carbons (Fsp3) is 0.647. The molecule has 0 amide bonds. The normalized spacial score (nSPS) is 17.7. The van der Waals surface area contributed by atoms with E-state index in [9.17, 15) is 0 Å². The smallest absolute Gasteiger partial charge is 0.133 e. The minimum atomic E-state index is 0.539. The fourth-order valence-corrected chi connectivity index (χ4v) is 4.89. The molecule has 1 aliphatic carbocycles. The first-order valence-corrected chi connectivity index (χ1v) is 9.68. The molecule has 1 saturated carbocycles. The molecule has 1 aromatic rings. The second kappa shape index (κ2) is 9.06. The molecule has 0 heterocycles. The summed E-state index contributed by atoms with van der Waals surface area (Å²) in [6, 6.07) is 6.92. The molecule has 4 heteroatoms. The van der Waals surface area contributed by atoms with Crippen molar-refractivity contribution in [3.63, 3.8) is 0 Å². The predicted octanol–water partition coefficient (Wildman–Crippen LogP) is 4.65. The number of ether oxygens (including phenoxy) is 1. The second-order valence-corrected chi connectivity index (χ2v) is 7.94. The van der Waals surface area contributed by atoms with Gasteiger partial charge in [-0.15, -0.1) is 0 Å². The summed E-state index contributed by atoms with van der Waals surface area (Å²) in [6.07, 6.45) is 8.18. The molecular formula is C17H26BrNOS. The van der Waals surface area contributed by atoms with Gasteiger partial charge in [-0.05, 0) is 59.9 Å². The van der Waals surface area contributed by atoms with Gasteiger partial charge in [-0.25, -0.2) is 0 Å². The number of thioether (sulfide) groups is 1. The minimum Gasteiger partial charge on any atom is -0.496 e. The lowest BCUT2D eigenvalue weighted by Gasteiger charge is -2.24. The molecule has 0 saturated heterocycles. The van der Waals surface area contributed by atoms with Crippen LogP contribution in [0.5, 0.6) is 5.75 Å². The van der Waals surface area contributed by atoms with Crippen molar-refractivity contribution in [2.24, 2.45) is 0 Å². The first-order valence-electron chi connectivity index (χ1n) is 7.84. The summed E-state index contributed by atoms with van der Waals surface area (Å²) in [6.45, 7) is 0. The van der Waals surface area contributed by atoms with E-state index < -0.39 is 0 Å². The lowest BCUT2D eigenvalue weighted by atomic mass is 10.0. The summed E-state index contributed by atoms with van der Waals surface area (Å²) >= 11 is 5.73. The average molecular weight is 372 g/mol. The third-order valence-corrected chi connectivity index (χ3v) is 6.35. The summed E-state index contributed by atoms with van der Waals surface area (Å²) in [4.78, 5) is 0. The molecule has 0 spiro atoms. The van der Waals surface area contributed by atoms with E-state index in [1.54, 1.807) is 7.11 Å². The molecule has 2 nitrogen and oxygen atoms in total. The summed E-state index contributed by atoms with van der Waals surface area (Å²) < 4.78 is 6.33. The molecule has 2 rings (SSSR count). The fourth-order valence-electron chi connectivity index (χ4n) is 2.85. The van der Waals surface area contributed by atoms with Crippen molar-refractivity contribution in [2.75, 3.05) is 19.9 Å². The second-order valence-electron chi connectivity index (χ2n) is 5.75. The highest BCUT2D eigenvalue weighted by molar-refractivity contribution is 9.10. The Morgan fingerprint density at radius 3 is 2.71 bits per heavy atom. The number of benzene rings is 1. The molecule has 118 valence electrons. The summed E-state index contributed by atoms with van der Waals surface area (Å²) in [7, 11) is 3.78. The van der Waals surface area contributed by atoms with Crippen LogP contribution in [0.4, 0.5) is 0 Å². The number of halogens is 1. The van der Waals surface area contributed by atoms with Gasteiger partial charge in [0.25, 0.3) is 0 Å². The molecule has 0 radical (unpaired) electrons. The third kappa shape index (κ3) is 5.50. The molecule has 1 aliphatic rings. The van der Waals surface area contributed by atoms with Crippen LogP contribution in [0.1, 0.15) is 37.7 Å². The van der Waals surface area contributed by atoms with E-state index in [1.807, 2.05) is 6.07 Å². The molecule has 1 fully saturated rings. The Labute approximate surface area is 141 Å².